The molecule has 0 aliphatic carbocycles. The van der Waals surface area contributed by atoms with Gasteiger partial charge in [0.05, 0.1) is 4.90 Å². The number of aromatic nitrogens is 1. The van der Waals surface area contributed by atoms with Crippen molar-refractivity contribution >= 4 is 9.84 Å². The van der Waals surface area contributed by atoms with Crippen LogP contribution in [0.2, 0.25) is 0 Å². The summed E-state index contributed by atoms with van der Waals surface area (Å²) in [6.45, 7) is 0. The minimum Gasteiger partial charge on any atom is -0.264 e. The molecular weight excluding hydrogens is 150 g/mol. The van der Waals surface area contributed by atoms with Crippen molar-refractivity contribution in [3.63, 3.8) is 0 Å². The van der Waals surface area contributed by atoms with Crippen molar-refractivity contribution in [2.75, 3.05) is 6.26 Å². The van der Waals surface area contributed by atoms with Crippen LogP contribution in [-0.4, -0.2) is 19.7 Å². The second kappa shape index (κ2) is 2.38. The first-order valence-corrected chi connectivity index (χ1v) is 4.51. The molecule has 1 heterocycles. The Kier molecular flexibility index (Phi) is 1.72. The van der Waals surface area contributed by atoms with Gasteiger partial charge < -0.3 is 0 Å². The summed E-state index contributed by atoms with van der Waals surface area (Å²) in [5.41, 5.74) is 0. The van der Waals surface area contributed by atoms with Gasteiger partial charge in [0.2, 0.25) is 0 Å². The maximum absolute atomic E-state index is 10.8. The molecule has 0 fully saturated rings. The quantitative estimate of drug-likeness (QED) is 0.587. The standard InChI is InChI=1S/C6H6NO2S/c1-10(8,9)6-2-4-7-5-3-6/h2,4-5H,1H3. The minimum absolute atomic E-state index is 0.183. The fraction of sp³-hybridized carbons (Fsp3) is 0.167. The van der Waals surface area contributed by atoms with Gasteiger partial charge in [0.15, 0.2) is 9.84 Å². The highest BCUT2D eigenvalue weighted by Crippen LogP contribution is 2.03. The lowest BCUT2D eigenvalue weighted by molar-refractivity contribution is 0.601. The normalized spacial score (nSPS) is 11.3. The lowest BCUT2D eigenvalue weighted by Gasteiger charge is -1.92. The summed E-state index contributed by atoms with van der Waals surface area (Å²) in [4.78, 5) is 3.82. The topological polar surface area (TPSA) is 47.0 Å². The van der Waals surface area contributed by atoms with E-state index in [-0.39, 0.29) is 4.90 Å². The summed E-state index contributed by atoms with van der Waals surface area (Å²) >= 11 is 0. The Labute approximate surface area is 59.6 Å². The van der Waals surface area contributed by atoms with Crippen LogP contribution in [0.25, 0.3) is 0 Å². The number of rotatable bonds is 1. The Bertz CT molecular complexity index is 304. The molecule has 1 aromatic heterocycles. The van der Waals surface area contributed by atoms with Gasteiger partial charge in [-0.2, -0.15) is 0 Å². The number of sulfone groups is 1. The molecule has 4 heteroatoms. The van der Waals surface area contributed by atoms with E-state index in [0.717, 1.165) is 6.26 Å². The molecule has 1 radical (unpaired) electrons. The van der Waals surface area contributed by atoms with Crippen LogP contribution in [0, 0.1) is 6.07 Å². The third-order valence-electron chi connectivity index (χ3n) is 0.993. The lowest BCUT2D eigenvalue weighted by Crippen LogP contribution is -1.96. The smallest absolute Gasteiger partial charge is 0.176 e. The second-order valence-electron chi connectivity index (χ2n) is 1.87. The maximum atomic E-state index is 10.8. The minimum atomic E-state index is -3.10. The van der Waals surface area contributed by atoms with Crippen molar-refractivity contribution in [3.05, 3.63) is 24.5 Å². The highest BCUT2D eigenvalue weighted by atomic mass is 32.2. The van der Waals surface area contributed by atoms with E-state index in [1.54, 1.807) is 0 Å². The van der Waals surface area contributed by atoms with Gasteiger partial charge in [0.25, 0.3) is 0 Å². The molecule has 53 valence electrons. The molecule has 0 atom stereocenters. The molecule has 0 N–H and O–H groups in total. The van der Waals surface area contributed by atoms with Crippen molar-refractivity contribution in [2.24, 2.45) is 0 Å². The van der Waals surface area contributed by atoms with Crippen LogP contribution < -0.4 is 0 Å². The fourth-order valence-electron chi connectivity index (χ4n) is 0.533. The number of nitrogens with zero attached hydrogens (tertiary/aromatic N) is 1. The Morgan fingerprint density at radius 1 is 1.60 bits per heavy atom. The van der Waals surface area contributed by atoms with Gasteiger partial charge in [-0.25, -0.2) is 8.42 Å². The van der Waals surface area contributed by atoms with Gasteiger partial charge in [0.1, 0.15) is 0 Å². The average Bonchev–Trinajstić information content (AvgIpc) is 1.88. The Balaban J connectivity index is 3.22. The number of pyridine rings is 1. The highest BCUT2D eigenvalue weighted by molar-refractivity contribution is 7.90. The molecule has 0 aliphatic rings. The van der Waals surface area contributed by atoms with E-state index in [1.165, 1.54) is 18.5 Å². The molecule has 0 unspecified atom stereocenters. The molecule has 1 aromatic rings. The van der Waals surface area contributed by atoms with E-state index in [4.69, 9.17) is 0 Å². The summed E-state index contributed by atoms with van der Waals surface area (Å²) in [5.74, 6) is 0. The van der Waals surface area contributed by atoms with Crippen LogP contribution in [-0.2, 0) is 9.84 Å². The van der Waals surface area contributed by atoms with Crippen LogP contribution in [0.1, 0.15) is 0 Å². The van der Waals surface area contributed by atoms with E-state index >= 15 is 0 Å². The summed E-state index contributed by atoms with van der Waals surface area (Å²) < 4.78 is 21.5. The molecule has 0 aliphatic heterocycles. The first kappa shape index (κ1) is 7.21. The van der Waals surface area contributed by atoms with E-state index in [0.29, 0.717) is 0 Å². The van der Waals surface area contributed by atoms with Crippen molar-refractivity contribution in [1.29, 1.82) is 0 Å². The molecule has 0 saturated carbocycles. The Morgan fingerprint density at radius 2 is 2.30 bits per heavy atom. The molecule has 1 rings (SSSR count). The van der Waals surface area contributed by atoms with Crippen LogP contribution in [0.15, 0.2) is 23.4 Å². The summed E-state index contributed by atoms with van der Waals surface area (Å²) in [7, 11) is -3.10. The van der Waals surface area contributed by atoms with Gasteiger partial charge in [-0.3, -0.25) is 4.98 Å². The summed E-state index contributed by atoms with van der Waals surface area (Å²) in [6, 6.07) is 3.92. The molecule has 10 heavy (non-hydrogen) atoms. The first-order chi connectivity index (χ1) is 4.61. The molecule has 0 spiro atoms. The zero-order chi connectivity index (χ0) is 7.61. The average molecular weight is 156 g/mol. The van der Waals surface area contributed by atoms with Gasteiger partial charge in [-0.15, -0.1) is 0 Å². The first-order valence-electron chi connectivity index (χ1n) is 2.62. The third kappa shape index (κ3) is 1.54. The zero-order valence-corrected chi connectivity index (χ0v) is 6.22. The summed E-state index contributed by atoms with van der Waals surface area (Å²) in [5, 5.41) is 0. The predicted octanol–water partition coefficient (Wildman–Crippen LogP) is 0.285. The van der Waals surface area contributed by atoms with Crippen molar-refractivity contribution in [3.8, 4) is 0 Å². The van der Waals surface area contributed by atoms with Gasteiger partial charge >= 0.3 is 0 Å². The highest BCUT2D eigenvalue weighted by Gasteiger charge is 2.04. The number of hydrogen-bond acceptors (Lipinski definition) is 3. The zero-order valence-electron chi connectivity index (χ0n) is 5.40. The van der Waals surface area contributed by atoms with Crippen LogP contribution in [0.3, 0.4) is 0 Å². The molecular formula is C6H6NO2S. The third-order valence-corrected chi connectivity index (χ3v) is 2.05. The van der Waals surface area contributed by atoms with E-state index in [9.17, 15) is 8.42 Å². The van der Waals surface area contributed by atoms with E-state index in [1.807, 2.05) is 0 Å². The van der Waals surface area contributed by atoms with E-state index in [2.05, 4.69) is 11.1 Å². The molecule has 0 amide bonds. The van der Waals surface area contributed by atoms with Crippen molar-refractivity contribution in [1.82, 2.24) is 4.98 Å². The predicted molar refractivity (Wildman–Crippen MR) is 36.2 cm³/mol. The molecule has 0 saturated heterocycles. The van der Waals surface area contributed by atoms with Gasteiger partial charge in [-0.05, 0) is 6.07 Å². The Morgan fingerprint density at radius 3 is 2.60 bits per heavy atom. The molecule has 0 aromatic carbocycles. The second-order valence-corrected chi connectivity index (χ2v) is 3.86. The molecule has 0 bridgehead atoms. The van der Waals surface area contributed by atoms with Crippen molar-refractivity contribution in [2.45, 2.75) is 4.90 Å². The SMILES string of the molecule is CS(=O)(=O)c1[c]cncc1. The molecule has 3 nitrogen and oxygen atoms in total. The van der Waals surface area contributed by atoms with Crippen LogP contribution in [0.5, 0.6) is 0 Å². The fourth-order valence-corrected chi connectivity index (χ4v) is 1.11. The number of hydrogen-bond donors (Lipinski definition) is 0. The lowest BCUT2D eigenvalue weighted by atomic mass is 10.5. The monoisotopic (exact) mass is 156 g/mol. The van der Waals surface area contributed by atoms with Gasteiger partial charge in [0, 0.05) is 24.7 Å². The van der Waals surface area contributed by atoms with Gasteiger partial charge in [-0.1, -0.05) is 0 Å². The van der Waals surface area contributed by atoms with E-state index < -0.39 is 9.84 Å². The van der Waals surface area contributed by atoms with Crippen LogP contribution >= 0.6 is 0 Å². The summed E-state index contributed by atoms with van der Waals surface area (Å²) in [6.07, 6.45) is 3.89. The maximum Gasteiger partial charge on any atom is 0.176 e. The van der Waals surface area contributed by atoms with Crippen molar-refractivity contribution < 1.29 is 8.42 Å². The van der Waals surface area contributed by atoms with Crippen LogP contribution in [0.4, 0.5) is 0 Å². The Hall–Kier alpha value is -0.900. The largest absolute Gasteiger partial charge is 0.264 e.